The van der Waals surface area contributed by atoms with Crippen LogP contribution in [0.5, 0.6) is 5.88 Å². The van der Waals surface area contributed by atoms with Gasteiger partial charge in [0.25, 0.3) is 0 Å². The van der Waals surface area contributed by atoms with Crippen molar-refractivity contribution in [1.29, 1.82) is 0 Å². The number of ether oxygens (including phenoxy) is 1. The molecule has 0 amide bonds. The second-order valence-electron chi connectivity index (χ2n) is 6.94. The van der Waals surface area contributed by atoms with Crippen LogP contribution in [0.1, 0.15) is 57.7 Å². The summed E-state index contributed by atoms with van der Waals surface area (Å²) in [5.41, 5.74) is 2.40. The fraction of sp³-hybridized carbons (Fsp3) is 0.706. The molecule has 0 radical (unpaired) electrons. The summed E-state index contributed by atoms with van der Waals surface area (Å²) in [4.78, 5) is 4.70. The molecule has 0 saturated heterocycles. The molecule has 0 spiro atoms. The molecule has 0 atom stereocenters. The van der Waals surface area contributed by atoms with Gasteiger partial charge in [-0.05, 0) is 37.4 Å². The van der Waals surface area contributed by atoms with E-state index in [0.717, 1.165) is 30.6 Å². The Morgan fingerprint density at radius 2 is 1.95 bits per heavy atom. The fourth-order valence-corrected chi connectivity index (χ4v) is 2.70. The first-order valence-corrected chi connectivity index (χ1v) is 7.78. The molecule has 2 rings (SSSR count). The van der Waals surface area contributed by atoms with Crippen LogP contribution in [0.4, 0.5) is 0 Å². The maximum atomic E-state index is 5.97. The predicted octanol–water partition coefficient (Wildman–Crippen LogP) is 3.67. The van der Waals surface area contributed by atoms with Gasteiger partial charge in [0.2, 0.25) is 5.88 Å². The lowest BCUT2D eigenvalue weighted by molar-refractivity contribution is 0.242. The van der Waals surface area contributed by atoms with Crippen LogP contribution in [0.15, 0.2) is 12.1 Å². The van der Waals surface area contributed by atoms with Crippen molar-refractivity contribution in [3.63, 3.8) is 0 Å². The molecule has 0 aromatic carbocycles. The maximum Gasteiger partial charge on any atom is 0.213 e. The Labute approximate surface area is 123 Å². The number of rotatable bonds is 5. The van der Waals surface area contributed by atoms with Crippen LogP contribution in [0, 0.1) is 5.92 Å². The number of aromatic nitrogens is 1. The van der Waals surface area contributed by atoms with Crippen LogP contribution in [0.25, 0.3) is 0 Å². The molecule has 1 aliphatic carbocycles. The Kier molecular flexibility index (Phi) is 5.03. The summed E-state index contributed by atoms with van der Waals surface area (Å²) in [5.74, 6) is 1.51. The van der Waals surface area contributed by atoms with E-state index in [0.29, 0.717) is 0 Å². The Bertz CT molecular complexity index is 431. The number of nitrogens with one attached hydrogen (secondary N) is 1. The molecule has 1 aromatic rings. The zero-order valence-electron chi connectivity index (χ0n) is 13.3. The lowest BCUT2D eigenvalue weighted by Crippen LogP contribution is -2.17. The maximum absolute atomic E-state index is 5.97. The molecule has 1 N–H and O–H groups in total. The molecule has 20 heavy (non-hydrogen) atoms. The first-order valence-electron chi connectivity index (χ1n) is 7.78. The summed E-state index contributed by atoms with van der Waals surface area (Å²) in [6.45, 7) is 8.25. The van der Waals surface area contributed by atoms with Gasteiger partial charge in [-0.3, -0.25) is 0 Å². The Hall–Kier alpha value is -1.09. The number of hydrogen-bond donors (Lipinski definition) is 1. The molecule has 0 unspecified atom stereocenters. The second kappa shape index (κ2) is 6.57. The molecule has 1 aliphatic rings. The van der Waals surface area contributed by atoms with Gasteiger partial charge in [0.15, 0.2) is 0 Å². The van der Waals surface area contributed by atoms with Gasteiger partial charge >= 0.3 is 0 Å². The van der Waals surface area contributed by atoms with Crippen molar-refractivity contribution in [2.45, 2.75) is 58.4 Å². The van der Waals surface area contributed by atoms with Crippen molar-refractivity contribution in [2.75, 3.05) is 13.7 Å². The molecule has 1 saturated carbocycles. The monoisotopic (exact) mass is 276 g/mol. The minimum absolute atomic E-state index is 0.0508. The Morgan fingerprint density at radius 3 is 2.55 bits per heavy atom. The van der Waals surface area contributed by atoms with Gasteiger partial charge in [0.05, 0.1) is 12.3 Å². The van der Waals surface area contributed by atoms with Crippen molar-refractivity contribution >= 4 is 0 Å². The molecule has 0 bridgehead atoms. The van der Waals surface area contributed by atoms with Gasteiger partial charge in [-0.2, -0.15) is 0 Å². The van der Waals surface area contributed by atoms with Gasteiger partial charge in [0.1, 0.15) is 0 Å². The lowest BCUT2D eigenvalue weighted by Gasteiger charge is -2.20. The van der Waals surface area contributed by atoms with Crippen molar-refractivity contribution in [1.82, 2.24) is 10.3 Å². The summed E-state index contributed by atoms with van der Waals surface area (Å²) < 4.78 is 5.97. The highest BCUT2D eigenvalue weighted by molar-refractivity contribution is 5.28. The summed E-state index contributed by atoms with van der Waals surface area (Å²) in [7, 11) is 1.97. The zero-order valence-corrected chi connectivity index (χ0v) is 13.3. The molecular weight excluding hydrogens is 248 g/mol. The first kappa shape index (κ1) is 15.3. The molecule has 1 heterocycles. The van der Waals surface area contributed by atoms with E-state index in [1.54, 1.807) is 0 Å². The second-order valence-corrected chi connectivity index (χ2v) is 6.94. The molecule has 112 valence electrons. The SMILES string of the molecule is CNCc1cc(OCC2CCCC2)nc(C(C)(C)C)c1. The number of hydrogen-bond acceptors (Lipinski definition) is 3. The lowest BCUT2D eigenvalue weighted by atomic mass is 9.91. The Balaban J connectivity index is 2.11. The fourth-order valence-electron chi connectivity index (χ4n) is 2.70. The smallest absolute Gasteiger partial charge is 0.213 e. The number of pyridine rings is 1. The highest BCUT2D eigenvalue weighted by Gasteiger charge is 2.19. The first-order chi connectivity index (χ1) is 9.49. The quantitative estimate of drug-likeness (QED) is 0.891. The van der Waals surface area contributed by atoms with Crippen LogP contribution >= 0.6 is 0 Å². The summed E-state index contributed by atoms with van der Waals surface area (Å²) in [6.07, 6.45) is 5.33. The standard InChI is InChI=1S/C17H28N2O/c1-17(2,3)15-9-14(11-18-4)10-16(19-15)20-12-13-7-5-6-8-13/h9-10,13,18H,5-8,11-12H2,1-4H3. The van der Waals surface area contributed by atoms with E-state index in [9.17, 15) is 0 Å². The van der Waals surface area contributed by atoms with Crippen LogP contribution in [-0.4, -0.2) is 18.6 Å². The van der Waals surface area contributed by atoms with Crippen LogP contribution < -0.4 is 10.1 Å². The largest absolute Gasteiger partial charge is 0.477 e. The topological polar surface area (TPSA) is 34.1 Å². The normalized spacial score (nSPS) is 16.6. The van der Waals surface area contributed by atoms with Crippen molar-refractivity contribution < 1.29 is 4.74 Å². The predicted molar refractivity (Wildman–Crippen MR) is 83.2 cm³/mol. The van der Waals surface area contributed by atoms with Gasteiger partial charge in [-0.15, -0.1) is 0 Å². The van der Waals surface area contributed by atoms with E-state index in [1.165, 1.54) is 31.2 Å². The van der Waals surface area contributed by atoms with Crippen molar-refractivity contribution in [3.8, 4) is 5.88 Å². The third-order valence-corrected chi connectivity index (χ3v) is 3.95. The van der Waals surface area contributed by atoms with Crippen LogP contribution in [-0.2, 0) is 12.0 Å². The van der Waals surface area contributed by atoms with Gasteiger partial charge in [-0.25, -0.2) is 4.98 Å². The van der Waals surface area contributed by atoms with Gasteiger partial charge in [-0.1, -0.05) is 33.6 Å². The van der Waals surface area contributed by atoms with Crippen molar-refractivity contribution in [3.05, 3.63) is 23.4 Å². The zero-order chi connectivity index (χ0) is 14.6. The molecule has 3 heteroatoms. The third kappa shape index (κ3) is 4.20. The van der Waals surface area contributed by atoms with E-state index in [-0.39, 0.29) is 5.41 Å². The average Bonchev–Trinajstić information content (AvgIpc) is 2.88. The molecular formula is C17H28N2O. The van der Waals surface area contributed by atoms with E-state index < -0.39 is 0 Å². The summed E-state index contributed by atoms with van der Waals surface area (Å²) >= 11 is 0. The van der Waals surface area contributed by atoms with E-state index in [2.05, 4.69) is 38.2 Å². The molecule has 0 aliphatic heterocycles. The minimum Gasteiger partial charge on any atom is -0.477 e. The van der Waals surface area contributed by atoms with E-state index in [1.807, 2.05) is 7.05 Å². The van der Waals surface area contributed by atoms with Crippen LogP contribution in [0.2, 0.25) is 0 Å². The highest BCUT2D eigenvalue weighted by atomic mass is 16.5. The number of nitrogens with zero attached hydrogens (tertiary/aromatic N) is 1. The van der Waals surface area contributed by atoms with Crippen LogP contribution in [0.3, 0.4) is 0 Å². The van der Waals surface area contributed by atoms with Gasteiger partial charge < -0.3 is 10.1 Å². The summed E-state index contributed by atoms with van der Waals surface area (Å²) in [5, 5.41) is 3.20. The third-order valence-electron chi connectivity index (χ3n) is 3.95. The molecule has 1 aromatic heterocycles. The molecule has 3 nitrogen and oxygen atoms in total. The average molecular weight is 276 g/mol. The van der Waals surface area contributed by atoms with E-state index in [4.69, 9.17) is 9.72 Å². The van der Waals surface area contributed by atoms with Gasteiger partial charge in [0, 0.05) is 18.0 Å². The minimum atomic E-state index is 0.0508. The molecule has 1 fully saturated rings. The van der Waals surface area contributed by atoms with E-state index >= 15 is 0 Å². The highest BCUT2D eigenvalue weighted by Crippen LogP contribution is 2.27. The summed E-state index contributed by atoms with van der Waals surface area (Å²) in [6, 6.07) is 4.25. The van der Waals surface area contributed by atoms with Crippen molar-refractivity contribution in [2.24, 2.45) is 5.92 Å². The Morgan fingerprint density at radius 1 is 1.25 bits per heavy atom.